The first-order chi connectivity index (χ1) is 10.6. The van der Waals surface area contributed by atoms with Gasteiger partial charge in [0.15, 0.2) is 11.2 Å². The average molecular weight is 298 g/mol. The van der Waals surface area contributed by atoms with E-state index in [1.165, 1.54) is 6.07 Å². The van der Waals surface area contributed by atoms with Gasteiger partial charge in [-0.3, -0.25) is 9.59 Å². The van der Waals surface area contributed by atoms with E-state index in [0.29, 0.717) is 29.7 Å². The highest BCUT2D eigenvalue weighted by atomic mass is 16.5. The van der Waals surface area contributed by atoms with Crippen molar-refractivity contribution in [2.45, 2.75) is 13.3 Å². The molecule has 0 aliphatic rings. The Morgan fingerprint density at radius 3 is 2.86 bits per heavy atom. The van der Waals surface area contributed by atoms with Gasteiger partial charge in [0, 0.05) is 25.1 Å². The van der Waals surface area contributed by atoms with Crippen LogP contribution in [0.25, 0.3) is 11.0 Å². The van der Waals surface area contributed by atoms with Gasteiger partial charge in [0.25, 0.3) is 5.91 Å². The van der Waals surface area contributed by atoms with E-state index >= 15 is 0 Å². The smallest absolute Gasteiger partial charge is 0.287 e. The van der Waals surface area contributed by atoms with Gasteiger partial charge in [-0.25, -0.2) is 0 Å². The molecule has 2 heterocycles. The number of carbonyl (C=O) groups excluding carboxylic acids is 1. The van der Waals surface area contributed by atoms with Crippen molar-refractivity contribution in [2.24, 2.45) is 0 Å². The Kier molecular flexibility index (Phi) is 3.74. The number of benzene rings is 1. The lowest BCUT2D eigenvalue weighted by Gasteiger charge is -2.04. The van der Waals surface area contributed by atoms with E-state index in [0.717, 1.165) is 5.69 Å². The Bertz CT molecular complexity index is 879. The molecule has 1 amide bonds. The molecule has 0 bridgehead atoms. The molecular weight excluding hydrogens is 284 g/mol. The number of aryl methyl sites for hydroxylation is 1. The zero-order valence-electron chi connectivity index (χ0n) is 12.0. The lowest BCUT2D eigenvalue weighted by Crippen LogP contribution is -2.26. The van der Waals surface area contributed by atoms with Gasteiger partial charge in [0.1, 0.15) is 11.3 Å². The summed E-state index contributed by atoms with van der Waals surface area (Å²) in [5.41, 5.74) is 0.950. The lowest BCUT2D eigenvalue weighted by molar-refractivity contribution is 0.0926. The molecule has 3 aromatic rings. The fourth-order valence-corrected chi connectivity index (χ4v) is 2.14. The minimum atomic E-state index is -0.431. The monoisotopic (exact) mass is 298 g/mol. The second-order valence-corrected chi connectivity index (χ2v) is 4.91. The fraction of sp³-hybridized carbons (Fsp3) is 0.188. The van der Waals surface area contributed by atoms with Gasteiger partial charge >= 0.3 is 0 Å². The van der Waals surface area contributed by atoms with Gasteiger partial charge in [0.05, 0.1) is 11.1 Å². The van der Waals surface area contributed by atoms with E-state index < -0.39 is 5.91 Å². The molecule has 3 rings (SSSR count). The Morgan fingerprint density at radius 1 is 1.27 bits per heavy atom. The Hall–Kier alpha value is -2.89. The normalized spacial score (nSPS) is 10.8. The van der Waals surface area contributed by atoms with Crippen LogP contribution >= 0.6 is 0 Å². The van der Waals surface area contributed by atoms with Crippen LogP contribution in [0, 0.1) is 6.92 Å². The van der Waals surface area contributed by atoms with Crippen molar-refractivity contribution in [2.75, 3.05) is 6.54 Å². The molecule has 0 saturated heterocycles. The highest BCUT2D eigenvalue weighted by Crippen LogP contribution is 2.11. The standard InChI is InChI=1S/C16H14N2O4/c1-10-8-11(22-18-10)6-7-17-16(20)15-9-13(19)12-4-2-3-5-14(12)21-15/h2-5,8-9H,6-7H2,1H3,(H,17,20). The summed E-state index contributed by atoms with van der Waals surface area (Å²) in [6.45, 7) is 2.19. The molecule has 0 aliphatic heterocycles. The third kappa shape index (κ3) is 2.90. The molecule has 1 N–H and O–H groups in total. The van der Waals surface area contributed by atoms with E-state index in [-0.39, 0.29) is 11.2 Å². The quantitative estimate of drug-likeness (QED) is 0.797. The summed E-state index contributed by atoms with van der Waals surface area (Å²) in [6, 6.07) is 9.83. The summed E-state index contributed by atoms with van der Waals surface area (Å²) >= 11 is 0. The number of fused-ring (bicyclic) bond motifs is 1. The molecule has 0 saturated carbocycles. The van der Waals surface area contributed by atoms with Crippen LogP contribution in [0.1, 0.15) is 22.0 Å². The third-order valence-electron chi connectivity index (χ3n) is 3.19. The van der Waals surface area contributed by atoms with Crippen LogP contribution in [0.4, 0.5) is 0 Å². The maximum absolute atomic E-state index is 12.0. The van der Waals surface area contributed by atoms with Crippen LogP contribution in [0.3, 0.4) is 0 Å². The van der Waals surface area contributed by atoms with Crippen LogP contribution in [-0.4, -0.2) is 17.6 Å². The van der Waals surface area contributed by atoms with Crippen molar-refractivity contribution in [1.29, 1.82) is 0 Å². The number of rotatable bonds is 4. The van der Waals surface area contributed by atoms with Crippen LogP contribution in [0.5, 0.6) is 0 Å². The maximum atomic E-state index is 12.0. The number of para-hydroxylation sites is 1. The molecule has 0 spiro atoms. The average Bonchev–Trinajstić information content (AvgIpc) is 2.92. The highest BCUT2D eigenvalue weighted by molar-refractivity contribution is 5.93. The van der Waals surface area contributed by atoms with Crippen molar-refractivity contribution >= 4 is 16.9 Å². The number of nitrogens with one attached hydrogen (secondary N) is 1. The summed E-state index contributed by atoms with van der Waals surface area (Å²) in [5, 5.41) is 6.91. The molecule has 22 heavy (non-hydrogen) atoms. The topological polar surface area (TPSA) is 85.3 Å². The largest absolute Gasteiger partial charge is 0.451 e. The molecule has 2 aromatic heterocycles. The molecule has 0 atom stereocenters. The maximum Gasteiger partial charge on any atom is 0.287 e. The van der Waals surface area contributed by atoms with Gasteiger partial charge < -0.3 is 14.3 Å². The fourth-order valence-electron chi connectivity index (χ4n) is 2.14. The number of carbonyl (C=O) groups is 1. The molecule has 0 unspecified atom stereocenters. The van der Waals surface area contributed by atoms with Gasteiger partial charge in [-0.2, -0.15) is 0 Å². The van der Waals surface area contributed by atoms with E-state index in [9.17, 15) is 9.59 Å². The van der Waals surface area contributed by atoms with Gasteiger partial charge in [-0.05, 0) is 19.1 Å². The first-order valence-corrected chi connectivity index (χ1v) is 6.87. The van der Waals surface area contributed by atoms with Gasteiger partial charge in [-0.15, -0.1) is 0 Å². The minimum absolute atomic E-state index is 0.00236. The Labute approximate surface area is 125 Å². The van der Waals surface area contributed by atoms with Gasteiger partial charge in [-0.1, -0.05) is 17.3 Å². The first-order valence-electron chi connectivity index (χ1n) is 6.87. The Balaban J connectivity index is 1.71. The van der Waals surface area contributed by atoms with Gasteiger partial charge in [0.2, 0.25) is 0 Å². The van der Waals surface area contributed by atoms with E-state index in [1.54, 1.807) is 24.3 Å². The van der Waals surface area contributed by atoms with Crippen LogP contribution in [0.2, 0.25) is 0 Å². The van der Waals surface area contributed by atoms with Crippen LogP contribution in [0.15, 0.2) is 50.1 Å². The number of nitrogens with zero attached hydrogens (tertiary/aromatic N) is 1. The predicted octanol–water partition coefficient (Wildman–Crippen LogP) is 2.06. The second kappa shape index (κ2) is 5.85. The molecule has 112 valence electrons. The minimum Gasteiger partial charge on any atom is -0.451 e. The predicted molar refractivity (Wildman–Crippen MR) is 79.8 cm³/mol. The lowest BCUT2D eigenvalue weighted by atomic mass is 10.2. The summed E-state index contributed by atoms with van der Waals surface area (Å²) in [5.74, 6) is 0.259. The first kappa shape index (κ1) is 14.1. The summed E-state index contributed by atoms with van der Waals surface area (Å²) in [7, 11) is 0. The summed E-state index contributed by atoms with van der Waals surface area (Å²) in [6.07, 6.45) is 0.518. The molecule has 1 aromatic carbocycles. The van der Waals surface area contributed by atoms with Crippen molar-refractivity contribution in [3.05, 3.63) is 63.8 Å². The molecule has 6 heteroatoms. The number of amides is 1. The summed E-state index contributed by atoms with van der Waals surface area (Å²) in [4.78, 5) is 24.0. The zero-order chi connectivity index (χ0) is 15.5. The van der Waals surface area contributed by atoms with E-state index in [2.05, 4.69) is 10.5 Å². The van der Waals surface area contributed by atoms with E-state index in [1.807, 2.05) is 13.0 Å². The zero-order valence-corrected chi connectivity index (χ0v) is 12.0. The van der Waals surface area contributed by atoms with E-state index in [4.69, 9.17) is 8.94 Å². The molecular formula is C16H14N2O4. The molecule has 6 nitrogen and oxygen atoms in total. The number of aromatic nitrogens is 1. The molecule has 0 fully saturated rings. The van der Waals surface area contributed by atoms with Crippen LogP contribution in [-0.2, 0) is 6.42 Å². The molecule has 0 radical (unpaired) electrons. The number of hydrogen-bond acceptors (Lipinski definition) is 5. The van der Waals surface area contributed by atoms with Crippen molar-refractivity contribution in [3.8, 4) is 0 Å². The summed E-state index contributed by atoms with van der Waals surface area (Å²) < 4.78 is 10.5. The second-order valence-electron chi connectivity index (χ2n) is 4.91. The van der Waals surface area contributed by atoms with Crippen molar-refractivity contribution in [3.63, 3.8) is 0 Å². The van der Waals surface area contributed by atoms with Crippen LogP contribution < -0.4 is 10.7 Å². The van der Waals surface area contributed by atoms with Crippen molar-refractivity contribution < 1.29 is 13.7 Å². The molecule has 0 aliphatic carbocycles. The van der Waals surface area contributed by atoms with Crippen molar-refractivity contribution in [1.82, 2.24) is 10.5 Å². The third-order valence-corrected chi connectivity index (χ3v) is 3.19. The Morgan fingerprint density at radius 2 is 2.09 bits per heavy atom. The number of hydrogen-bond donors (Lipinski definition) is 1. The highest BCUT2D eigenvalue weighted by Gasteiger charge is 2.12. The SMILES string of the molecule is Cc1cc(CCNC(=O)c2cc(=O)c3ccccc3o2)on1.